The van der Waals surface area contributed by atoms with Crippen LogP contribution in [0.25, 0.3) is 0 Å². The molecular formula is C41H76NO8P. The minimum atomic E-state index is -4.39. The summed E-state index contributed by atoms with van der Waals surface area (Å²) < 4.78 is 32.6. The number of hydrogen-bond acceptors (Lipinski definition) is 8. The second kappa shape index (κ2) is 38.0. The summed E-state index contributed by atoms with van der Waals surface area (Å²) in [5, 5.41) is 0. The molecule has 0 aliphatic heterocycles. The maximum atomic E-state index is 12.5. The molecular weight excluding hydrogens is 665 g/mol. The van der Waals surface area contributed by atoms with Gasteiger partial charge >= 0.3 is 19.8 Å². The molecule has 0 radical (unpaired) electrons. The molecule has 0 aliphatic carbocycles. The Balaban J connectivity index is 4.29. The van der Waals surface area contributed by atoms with Crippen molar-refractivity contribution in [1.82, 2.24) is 0 Å². The van der Waals surface area contributed by atoms with Crippen molar-refractivity contribution in [2.45, 2.75) is 187 Å². The van der Waals surface area contributed by atoms with Gasteiger partial charge in [-0.2, -0.15) is 0 Å². The molecule has 298 valence electrons. The van der Waals surface area contributed by atoms with Gasteiger partial charge in [-0.15, -0.1) is 0 Å². The molecule has 0 aromatic rings. The molecule has 0 aromatic heterocycles. The van der Waals surface area contributed by atoms with Gasteiger partial charge in [0.05, 0.1) is 13.2 Å². The summed E-state index contributed by atoms with van der Waals surface area (Å²) in [6.07, 6.45) is 40.5. The first-order valence-corrected chi connectivity index (χ1v) is 22.0. The Morgan fingerprint density at radius 3 is 1.59 bits per heavy atom. The van der Waals surface area contributed by atoms with E-state index in [0.717, 1.165) is 38.5 Å². The SMILES string of the molecule is CCCCCCCCCC=CCC=CCC=CCCC(=O)OC(COC(=O)CCCCCCCCCCCCCCC)COP(=O)(O)OCCN. The zero-order valence-corrected chi connectivity index (χ0v) is 33.5. The molecule has 2 atom stereocenters. The molecule has 0 aromatic carbocycles. The lowest BCUT2D eigenvalue weighted by atomic mass is 10.0. The summed E-state index contributed by atoms with van der Waals surface area (Å²) in [6, 6.07) is 0. The molecule has 3 N–H and O–H groups in total. The first-order valence-electron chi connectivity index (χ1n) is 20.5. The summed E-state index contributed by atoms with van der Waals surface area (Å²) in [5.41, 5.74) is 5.33. The van der Waals surface area contributed by atoms with Crippen LogP contribution in [0.3, 0.4) is 0 Å². The van der Waals surface area contributed by atoms with Crippen LogP contribution in [0.15, 0.2) is 36.5 Å². The summed E-state index contributed by atoms with van der Waals surface area (Å²) in [4.78, 5) is 34.7. The van der Waals surface area contributed by atoms with E-state index >= 15 is 0 Å². The van der Waals surface area contributed by atoms with Crippen LogP contribution in [-0.2, 0) is 32.7 Å². The average Bonchev–Trinajstić information content (AvgIpc) is 3.11. The van der Waals surface area contributed by atoms with Gasteiger partial charge in [0.15, 0.2) is 6.10 Å². The lowest BCUT2D eigenvalue weighted by molar-refractivity contribution is -0.161. The third-order valence-electron chi connectivity index (χ3n) is 8.54. The Morgan fingerprint density at radius 1 is 0.588 bits per heavy atom. The molecule has 0 saturated heterocycles. The monoisotopic (exact) mass is 742 g/mol. The fourth-order valence-corrected chi connectivity index (χ4v) is 6.25. The molecule has 0 rings (SSSR count). The van der Waals surface area contributed by atoms with Crippen LogP contribution < -0.4 is 5.73 Å². The van der Waals surface area contributed by atoms with Crippen LogP contribution in [0.4, 0.5) is 0 Å². The van der Waals surface area contributed by atoms with E-state index in [1.165, 1.54) is 109 Å². The second-order valence-corrected chi connectivity index (χ2v) is 15.0. The number of phosphoric ester groups is 1. The van der Waals surface area contributed by atoms with E-state index in [2.05, 4.69) is 38.2 Å². The minimum absolute atomic E-state index is 0.0445. The van der Waals surface area contributed by atoms with Gasteiger partial charge < -0.3 is 20.1 Å². The van der Waals surface area contributed by atoms with E-state index in [-0.39, 0.29) is 32.6 Å². The topological polar surface area (TPSA) is 134 Å². The average molecular weight is 742 g/mol. The Bertz CT molecular complexity index is 939. The van der Waals surface area contributed by atoms with Crippen LogP contribution in [0.1, 0.15) is 181 Å². The summed E-state index contributed by atoms with van der Waals surface area (Å²) in [6.45, 7) is 3.65. The molecule has 51 heavy (non-hydrogen) atoms. The Labute approximate surface area is 312 Å². The Morgan fingerprint density at radius 2 is 1.06 bits per heavy atom. The number of hydrogen-bond donors (Lipinski definition) is 2. The molecule has 0 heterocycles. The van der Waals surface area contributed by atoms with Crippen LogP contribution in [0.5, 0.6) is 0 Å². The predicted octanol–water partition coefficient (Wildman–Crippen LogP) is 11.4. The van der Waals surface area contributed by atoms with Gasteiger partial charge in [0.25, 0.3) is 0 Å². The van der Waals surface area contributed by atoms with Gasteiger partial charge in [0, 0.05) is 19.4 Å². The summed E-state index contributed by atoms with van der Waals surface area (Å²) in [7, 11) is -4.39. The van der Waals surface area contributed by atoms with Crippen molar-refractivity contribution < 1.29 is 37.6 Å². The van der Waals surface area contributed by atoms with Crippen molar-refractivity contribution >= 4 is 19.8 Å². The van der Waals surface area contributed by atoms with E-state index in [9.17, 15) is 19.0 Å². The largest absolute Gasteiger partial charge is 0.472 e. The van der Waals surface area contributed by atoms with Crippen molar-refractivity contribution in [2.24, 2.45) is 5.73 Å². The number of allylic oxidation sites excluding steroid dienone is 6. The van der Waals surface area contributed by atoms with Gasteiger partial charge in [-0.3, -0.25) is 18.6 Å². The van der Waals surface area contributed by atoms with Crippen LogP contribution in [0, 0.1) is 0 Å². The highest BCUT2D eigenvalue weighted by Crippen LogP contribution is 2.43. The number of phosphoric acid groups is 1. The smallest absolute Gasteiger partial charge is 0.462 e. The van der Waals surface area contributed by atoms with E-state index in [1.807, 2.05) is 12.2 Å². The summed E-state index contributed by atoms with van der Waals surface area (Å²) >= 11 is 0. The fourth-order valence-electron chi connectivity index (χ4n) is 5.49. The van der Waals surface area contributed by atoms with Crippen molar-refractivity contribution in [3.8, 4) is 0 Å². The molecule has 10 heteroatoms. The maximum Gasteiger partial charge on any atom is 0.472 e. The van der Waals surface area contributed by atoms with E-state index in [1.54, 1.807) is 0 Å². The normalized spacial score (nSPS) is 13.7. The van der Waals surface area contributed by atoms with Gasteiger partial charge in [0.1, 0.15) is 6.61 Å². The first kappa shape index (κ1) is 49.2. The number of esters is 2. The van der Waals surface area contributed by atoms with E-state index in [0.29, 0.717) is 6.42 Å². The molecule has 0 bridgehead atoms. The van der Waals surface area contributed by atoms with Gasteiger partial charge in [-0.05, 0) is 38.5 Å². The lowest BCUT2D eigenvalue weighted by Gasteiger charge is -2.19. The maximum absolute atomic E-state index is 12.5. The standard InChI is InChI=1S/C41H76NO8P/c1-3-5-7-9-11-13-15-17-18-19-20-22-24-26-28-30-32-34-41(44)50-39(38-49-51(45,46)48-36-35-42)37-47-40(43)33-31-29-27-25-23-21-16-14-12-10-8-6-4-2/h18-19,22,24,28,30,39H,3-17,20-21,23,25-27,29,31-38,42H2,1-2H3,(H,45,46). The van der Waals surface area contributed by atoms with Crippen molar-refractivity contribution in [2.75, 3.05) is 26.4 Å². The van der Waals surface area contributed by atoms with Crippen LogP contribution >= 0.6 is 7.82 Å². The second-order valence-electron chi connectivity index (χ2n) is 13.5. The van der Waals surface area contributed by atoms with Crippen molar-refractivity contribution in [3.05, 3.63) is 36.5 Å². The molecule has 9 nitrogen and oxygen atoms in total. The first-order chi connectivity index (χ1) is 24.8. The highest BCUT2D eigenvalue weighted by Gasteiger charge is 2.25. The van der Waals surface area contributed by atoms with E-state index in [4.69, 9.17) is 24.3 Å². The van der Waals surface area contributed by atoms with E-state index < -0.39 is 32.5 Å². The number of rotatable bonds is 38. The fraction of sp³-hybridized carbons (Fsp3) is 0.805. The van der Waals surface area contributed by atoms with Gasteiger partial charge in [-0.25, -0.2) is 4.57 Å². The highest BCUT2D eigenvalue weighted by molar-refractivity contribution is 7.47. The number of carbonyl (C=O) groups excluding carboxylic acids is 2. The van der Waals surface area contributed by atoms with Crippen molar-refractivity contribution in [3.63, 3.8) is 0 Å². The van der Waals surface area contributed by atoms with Crippen LogP contribution in [-0.4, -0.2) is 49.3 Å². The van der Waals surface area contributed by atoms with Gasteiger partial charge in [-0.1, -0.05) is 166 Å². The highest BCUT2D eigenvalue weighted by atomic mass is 31.2. The molecule has 0 amide bonds. The molecule has 0 saturated carbocycles. The van der Waals surface area contributed by atoms with Gasteiger partial charge in [0.2, 0.25) is 0 Å². The number of ether oxygens (including phenoxy) is 2. The third-order valence-corrected chi connectivity index (χ3v) is 9.53. The number of nitrogens with two attached hydrogens (primary N) is 1. The minimum Gasteiger partial charge on any atom is -0.462 e. The predicted molar refractivity (Wildman–Crippen MR) is 210 cm³/mol. The quantitative estimate of drug-likeness (QED) is 0.0274. The summed E-state index contributed by atoms with van der Waals surface area (Å²) in [5.74, 6) is -0.914. The van der Waals surface area contributed by atoms with Crippen molar-refractivity contribution in [1.29, 1.82) is 0 Å². The van der Waals surface area contributed by atoms with Crippen LogP contribution in [0.2, 0.25) is 0 Å². The molecule has 0 spiro atoms. The zero-order valence-electron chi connectivity index (χ0n) is 32.6. The number of unbranched alkanes of at least 4 members (excludes halogenated alkanes) is 19. The molecule has 2 unspecified atom stereocenters. The number of carbonyl (C=O) groups is 2. The Kier molecular flexibility index (Phi) is 36.7. The molecule has 0 fully saturated rings. The Hall–Kier alpha value is -1.77. The lowest BCUT2D eigenvalue weighted by Crippen LogP contribution is -2.29. The zero-order chi connectivity index (χ0) is 37.5. The third kappa shape index (κ3) is 37.8. The molecule has 0 aliphatic rings.